The first kappa shape index (κ1) is 23.7. The summed E-state index contributed by atoms with van der Waals surface area (Å²) in [7, 11) is 0. The average Bonchev–Trinajstić information content (AvgIpc) is 3.25. The lowest BCUT2D eigenvalue weighted by Crippen LogP contribution is -2.15. The Bertz CT molecular complexity index is 1310. The fourth-order valence-electron chi connectivity index (χ4n) is 3.17. The van der Waals surface area contributed by atoms with Crippen molar-refractivity contribution in [1.29, 1.82) is 0 Å². The Morgan fingerprint density at radius 3 is 2.53 bits per heavy atom. The van der Waals surface area contributed by atoms with Crippen LogP contribution in [0.4, 0.5) is 14.5 Å². The molecule has 0 saturated heterocycles. The quantitative estimate of drug-likeness (QED) is 0.301. The van der Waals surface area contributed by atoms with Gasteiger partial charge in [-0.25, -0.2) is 8.78 Å². The van der Waals surface area contributed by atoms with Gasteiger partial charge in [0.05, 0.1) is 17.4 Å². The molecule has 0 fully saturated rings. The third-order valence-electron chi connectivity index (χ3n) is 4.69. The molecule has 1 amide bonds. The van der Waals surface area contributed by atoms with E-state index in [-0.39, 0.29) is 11.4 Å². The van der Waals surface area contributed by atoms with Crippen LogP contribution in [0.25, 0.3) is 17.1 Å². The zero-order valence-corrected chi connectivity index (χ0v) is 19.5. The average molecular weight is 501 g/mol. The highest BCUT2D eigenvalue weighted by Gasteiger charge is 2.19. The molecule has 34 heavy (non-hydrogen) atoms. The number of rotatable bonds is 8. The van der Waals surface area contributed by atoms with E-state index in [2.05, 4.69) is 15.5 Å². The molecule has 6 nitrogen and oxygen atoms in total. The Hall–Kier alpha value is -3.43. The van der Waals surface area contributed by atoms with Gasteiger partial charge in [-0.05, 0) is 55.5 Å². The lowest BCUT2D eigenvalue weighted by Gasteiger charge is -2.12. The van der Waals surface area contributed by atoms with Crippen LogP contribution in [0.1, 0.15) is 6.92 Å². The topological polar surface area (TPSA) is 69.0 Å². The number of benzene rings is 3. The fraction of sp³-hybridized carbons (Fsp3) is 0.125. The first-order valence-corrected chi connectivity index (χ1v) is 11.6. The Morgan fingerprint density at radius 2 is 1.82 bits per heavy atom. The van der Waals surface area contributed by atoms with Crippen molar-refractivity contribution in [2.75, 3.05) is 17.7 Å². The van der Waals surface area contributed by atoms with Crippen LogP contribution in [0.3, 0.4) is 0 Å². The molecule has 1 aromatic heterocycles. The molecule has 0 aliphatic carbocycles. The molecule has 4 rings (SSSR count). The molecule has 10 heteroatoms. The smallest absolute Gasteiger partial charge is 0.234 e. The lowest BCUT2D eigenvalue weighted by molar-refractivity contribution is -0.113. The first-order chi connectivity index (χ1) is 16.5. The summed E-state index contributed by atoms with van der Waals surface area (Å²) in [6.07, 6.45) is 0. The van der Waals surface area contributed by atoms with E-state index < -0.39 is 17.5 Å². The molecule has 174 valence electrons. The monoisotopic (exact) mass is 500 g/mol. The second kappa shape index (κ2) is 10.7. The van der Waals surface area contributed by atoms with Crippen molar-refractivity contribution in [3.8, 4) is 22.8 Å². The second-order valence-corrected chi connectivity index (χ2v) is 8.36. The zero-order valence-electron chi connectivity index (χ0n) is 18.0. The van der Waals surface area contributed by atoms with Crippen LogP contribution in [0.5, 0.6) is 5.75 Å². The Morgan fingerprint density at radius 1 is 1.06 bits per heavy atom. The number of hydrogen-bond donors (Lipinski definition) is 1. The lowest BCUT2D eigenvalue weighted by atomic mass is 10.2. The molecule has 1 N–H and O–H groups in total. The Balaban J connectivity index is 1.61. The van der Waals surface area contributed by atoms with E-state index >= 15 is 0 Å². The number of carbonyl (C=O) groups excluding carboxylic acids is 1. The van der Waals surface area contributed by atoms with Gasteiger partial charge in [-0.15, -0.1) is 10.2 Å². The molecule has 0 saturated carbocycles. The van der Waals surface area contributed by atoms with Gasteiger partial charge in [0.25, 0.3) is 0 Å². The molecule has 3 aromatic carbocycles. The highest BCUT2D eigenvalue weighted by atomic mass is 35.5. The van der Waals surface area contributed by atoms with Crippen molar-refractivity contribution in [2.45, 2.75) is 12.1 Å². The molecule has 0 radical (unpaired) electrons. The van der Waals surface area contributed by atoms with Crippen LogP contribution < -0.4 is 10.1 Å². The normalized spacial score (nSPS) is 10.8. The number of anilines is 1. The van der Waals surface area contributed by atoms with Gasteiger partial charge in [-0.2, -0.15) is 0 Å². The van der Waals surface area contributed by atoms with E-state index in [0.29, 0.717) is 28.2 Å². The van der Waals surface area contributed by atoms with Crippen LogP contribution in [-0.2, 0) is 4.79 Å². The standard InChI is InChI=1S/C24H19ClF2N4O2S/c1-2-33-17-10-8-16(9-11-17)31-23(18-5-3-4-6-19(18)25)29-30-24(31)34-14-22(32)28-15-7-12-20(26)21(27)13-15/h3-13H,2,14H2,1H3,(H,28,32). The van der Waals surface area contributed by atoms with E-state index in [1.165, 1.54) is 6.07 Å². The van der Waals surface area contributed by atoms with Gasteiger partial charge in [0.2, 0.25) is 5.91 Å². The number of nitrogens with zero attached hydrogens (tertiary/aromatic N) is 3. The molecular formula is C24H19ClF2N4O2S. The molecule has 0 aliphatic rings. The third-order valence-corrected chi connectivity index (χ3v) is 5.95. The van der Waals surface area contributed by atoms with Gasteiger partial charge in [-0.1, -0.05) is 35.5 Å². The van der Waals surface area contributed by atoms with Gasteiger partial charge in [0, 0.05) is 23.0 Å². The van der Waals surface area contributed by atoms with Crippen molar-refractivity contribution < 1.29 is 18.3 Å². The number of aromatic nitrogens is 3. The number of ether oxygens (including phenoxy) is 1. The molecule has 4 aromatic rings. The molecule has 0 aliphatic heterocycles. The summed E-state index contributed by atoms with van der Waals surface area (Å²) in [6, 6.07) is 17.8. The molecule has 0 spiro atoms. The van der Waals surface area contributed by atoms with Gasteiger partial charge >= 0.3 is 0 Å². The highest BCUT2D eigenvalue weighted by Crippen LogP contribution is 2.32. The van der Waals surface area contributed by atoms with Crippen molar-refractivity contribution in [3.63, 3.8) is 0 Å². The van der Waals surface area contributed by atoms with Crippen LogP contribution in [-0.4, -0.2) is 33.0 Å². The number of nitrogens with one attached hydrogen (secondary N) is 1. The number of hydrogen-bond acceptors (Lipinski definition) is 5. The van der Waals surface area contributed by atoms with Gasteiger partial charge < -0.3 is 10.1 Å². The van der Waals surface area contributed by atoms with Crippen molar-refractivity contribution in [1.82, 2.24) is 14.8 Å². The summed E-state index contributed by atoms with van der Waals surface area (Å²) in [5, 5.41) is 12.1. The molecule has 0 atom stereocenters. The van der Waals surface area contributed by atoms with Gasteiger partial charge in [-0.3, -0.25) is 9.36 Å². The first-order valence-electron chi connectivity index (χ1n) is 10.3. The minimum atomic E-state index is -1.04. The van der Waals surface area contributed by atoms with Crippen molar-refractivity contribution in [2.24, 2.45) is 0 Å². The van der Waals surface area contributed by atoms with E-state index in [1.807, 2.05) is 49.4 Å². The summed E-state index contributed by atoms with van der Waals surface area (Å²) in [5.74, 6) is -1.22. The maximum Gasteiger partial charge on any atom is 0.234 e. The van der Waals surface area contributed by atoms with E-state index in [0.717, 1.165) is 35.3 Å². The summed E-state index contributed by atoms with van der Waals surface area (Å²) >= 11 is 7.55. The van der Waals surface area contributed by atoms with Crippen LogP contribution >= 0.6 is 23.4 Å². The minimum absolute atomic E-state index is 0.0311. The summed E-state index contributed by atoms with van der Waals surface area (Å²) < 4.78 is 33.9. The molecular weight excluding hydrogens is 482 g/mol. The summed E-state index contributed by atoms with van der Waals surface area (Å²) in [4.78, 5) is 12.4. The summed E-state index contributed by atoms with van der Waals surface area (Å²) in [5.41, 5.74) is 1.60. The predicted molar refractivity (Wildman–Crippen MR) is 129 cm³/mol. The van der Waals surface area contributed by atoms with E-state index in [1.54, 1.807) is 10.6 Å². The maximum absolute atomic E-state index is 13.4. The third kappa shape index (κ3) is 5.37. The number of halogens is 3. The fourth-order valence-corrected chi connectivity index (χ4v) is 4.14. The van der Waals surface area contributed by atoms with Gasteiger partial charge in [0.1, 0.15) is 5.75 Å². The van der Waals surface area contributed by atoms with E-state index in [4.69, 9.17) is 16.3 Å². The largest absolute Gasteiger partial charge is 0.494 e. The Labute approximate surface area is 203 Å². The van der Waals surface area contributed by atoms with Crippen LogP contribution in [0.2, 0.25) is 5.02 Å². The van der Waals surface area contributed by atoms with Crippen LogP contribution in [0.15, 0.2) is 71.9 Å². The number of carbonyl (C=O) groups is 1. The van der Waals surface area contributed by atoms with E-state index in [9.17, 15) is 13.6 Å². The highest BCUT2D eigenvalue weighted by molar-refractivity contribution is 7.99. The predicted octanol–water partition coefficient (Wildman–Crippen LogP) is 6.00. The maximum atomic E-state index is 13.4. The Kier molecular flexibility index (Phi) is 7.44. The van der Waals surface area contributed by atoms with Crippen molar-refractivity contribution >= 4 is 35.0 Å². The summed E-state index contributed by atoms with van der Waals surface area (Å²) in [6.45, 7) is 2.45. The number of amides is 1. The molecule has 0 unspecified atom stereocenters. The second-order valence-electron chi connectivity index (χ2n) is 7.01. The van der Waals surface area contributed by atoms with Gasteiger partial charge in [0.15, 0.2) is 22.6 Å². The molecule has 1 heterocycles. The number of thioether (sulfide) groups is 1. The zero-order chi connectivity index (χ0) is 24.1. The van der Waals surface area contributed by atoms with Crippen LogP contribution in [0, 0.1) is 11.6 Å². The molecule has 0 bridgehead atoms. The SMILES string of the molecule is CCOc1ccc(-n2c(SCC(=O)Nc3ccc(F)c(F)c3)nnc2-c2ccccc2Cl)cc1. The van der Waals surface area contributed by atoms with Crippen molar-refractivity contribution in [3.05, 3.63) is 83.4 Å². The minimum Gasteiger partial charge on any atom is -0.494 e.